The van der Waals surface area contributed by atoms with Gasteiger partial charge in [0.15, 0.2) is 0 Å². The van der Waals surface area contributed by atoms with E-state index in [1.54, 1.807) is 0 Å². The summed E-state index contributed by atoms with van der Waals surface area (Å²) in [6.07, 6.45) is 1.39. The van der Waals surface area contributed by atoms with Gasteiger partial charge in [-0.05, 0) is 32.4 Å². The maximum absolute atomic E-state index is 5.66. The summed E-state index contributed by atoms with van der Waals surface area (Å²) in [6, 6.07) is 4.54. The Morgan fingerprint density at radius 3 is 2.87 bits per heavy atom. The first kappa shape index (κ1) is 11.1. The summed E-state index contributed by atoms with van der Waals surface area (Å²) in [5, 5.41) is 0. The Bertz CT molecular complexity index is 326. The monoisotopic (exact) mass is 226 g/mol. The van der Waals surface area contributed by atoms with Crippen LogP contribution in [0.4, 0.5) is 0 Å². The number of thiophene rings is 1. The molecule has 0 aromatic carbocycles. The van der Waals surface area contributed by atoms with Crippen LogP contribution in [0.25, 0.3) is 0 Å². The molecule has 84 valence electrons. The first-order valence-corrected chi connectivity index (χ1v) is 6.18. The standard InChI is InChI=1S/C11H18N2OS/c1-7-3-4-10(15-7)11(13-12)9-5-6-14-8(9)2/h3-4,8-9,11,13H,5-6,12H2,1-2H3. The van der Waals surface area contributed by atoms with Crippen molar-refractivity contribution in [2.45, 2.75) is 32.4 Å². The summed E-state index contributed by atoms with van der Waals surface area (Å²) in [5.41, 5.74) is 2.93. The molecule has 0 bridgehead atoms. The van der Waals surface area contributed by atoms with Crippen molar-refractivity contribution in [3.8, 4) is 0 Å². The molecule has 1 aromatic rings. The summed E-state index contributed by atoms with van der Waals surface area (Å²) < 4.78 is 5.59. The van der Waals surface area contributed by atoms with E-state index in [0.717, 1.165) is 13.0 Å². The van der Waals surface area contributed by atoms with E-state index >= 15 is 0 Å². The third-order valence-electron chi connectivity index (χ3n) is 3.11. The highest BCUT2D eigenvalue weighted by molar-refractivity contribution is 7.12. The Morgan fingerprint density at radius 2 is 2.40 bits per heavy atom. The minimum absolute atomic E-state index is 0.237. The van der Waals surface area contributed by atoms with Crippen molar-refractivity contribution in [2.75, 3.05) is 6.61 Å². The van der Waals surface area contributed by atoms with Crippen LogP contribution in [0.15, 0.2) is 12.1 Å². The normalized spacial score (nSPS) is 28.2. The van der Waals surface area contributed by atoms with E-state index < -0.39 is 0 Å². The van der Waals surface area contributed by atoms with Gasteiger partial charge in [0, 0.05) is 22.3 Å². The molecular weight excluding hydrogens is 208 g/mol. The quantitative estimate of drug-likeness (QED) is 0.612. The van der Waals surface area contributed by atoms with Crippen molar-refractivity contribution in [2.24, 2.45) is 11.8 Å². The summed E-state index contributed by atoms with van der Waals surface area (Å²) in [5.74, 6) is 6.15. The molecule has 1 aliphatic heterocycles. The van der Waals surface area contributed by atoms with Crippen LogP contribution in [0.3, 0.4) is 0 Å². The lowest BCUT2D eigenvalue weighted by Crippen LogP contribution is -2.35. The molecule has 3 atom stereocenters. The fraction of sp³-hybridized carbons (Fsp3) is 0.636. The molecule has 0 amide bonds. The number of hydrogen-bond acceptors (Lipinski definition) is 4. The molecule has 0 aliphatic carbocycles. The van der Waals surface area contributed by atoms with E-state index in [2.05, 4.69) is 31.4 Å². The van der Waals surface area contributed by atoms with Gasteiger partial charge in [0.2, 0.25) is 0 Å². The molecule has 1 aliphatic rings. The van der Waals surface area contributed by atoms with Crippen LogP contribution < -0.4 is 11.3 Å². The largest absolute Gasteiger partial charge is 0.378 e. The van der Waals surface area contributed by atoms with Gasteiger partial charge in [-0.25, -0.2) is 0 Å². The van der Waals surface area contributed by atoms with Gasteiger partial charge < -0.3 is 4.74 Å². The lowest BCUT2D eigenvalue weighted by molar-refractivity contribution is 0.0958. The summed E-state index contributed by atoms with van der Waals surface area (Å²) in [6.45, 7) is 5.10. The molecule has 0 spiro atoms. The lowest BCUT2D eigenvalue weighted by atomic mass is 9.93. The maximum atomic E-state index is 5.66. The molecule has 1 aromatic heterocycles. The first-order valence-electron chi connectivity index (χ1n) is 5.36. The predicted octanol–water partition coefficient (Wildman–Crippen LogP) is 1.99. The van der Waals surface area contributed by atoms with Gasteiger partial charge in [0.05, 0.1) is 12.1 Å². The molecule has 4 heteroatoms. The zero-order valence-electron chi connectivity index (χ0n) is 9.19. The van der Waals surface area contributed by atoms with Crippen molar-refractivity contribution in [3.63, 3.8) is 0 Å². The van der Waals surface area contributed by atoms with Crippen molar-refractivity contribution in [1.29, 1.82) is 0 Å². The van der Waals surface area contributed by atoms with Gasteiger partial charge in [-0.2, -0.15) is 0 Å². The van der Waals surface area contributed by atoms with E-state index in [-0.39, 0.29) is 6.04 Å². The molecule has 1 fully saturated rings. The van der Waals surface area contributed by atoms with Crippen LogP contribution in [0.5, 0.6) is 0 Å². The first-order chi connectivity index (χ1) is 7.22. The van der Waals surface area contributed by atoms with Crippen LogP contribution in [0.1, 0.15) is 29.1 Å². The fourth-order valence-corrected chi connectivity index (χ4v) is 3.24. The highest BCUT2D eigenvalue weighted by Crippen LogP contribution is 2.35. The number of ether oxygens (including phenoxy) is 1. The third-order valence-corrected chi connectivity index (χ3v) is 4.19. The van der Waals surface area contributed by atoms with Gasteiger partial charge in [0.1, 0.15) is 0 Å². The van der Waals surface area contributed by atoms with Gasteiger partial charge >= 0.3 is 0 Å². The van der Waals surface area contributed by atoms with Crippen LogP contribution in [-0.4, -0.2) is 12.7 Å². The average molecular weight is 226 g/mol. The molecule has 2 heterocycles. The third kappa shape index (κ3) is 2.23. The van der Waals surface area contributed by atoms with Crippen LogP contribution >= 0.6 is 11.3 Å². The highest BCUT2D eigenvalue weighted by atomic mass is 32.1. The average Bonchev–Trinajstić information content (AvgIpc) is 2.79. The Labute approximate surface area is 94.6 Å². The summed E-state index contributed by atoms with van der Waals surface area (Å²) in [4.78, 5) is 2.65. The number of hydrazine groups is 1. The van der Waals surface area contributed by atoms with Crippen molar-refractivity contribution in [3.05, 3.63) is 21.9 Å². The molecule has 3 N–H and O–H groups in total. The second kappa shape index (κ2) is 4.61. The van der Waals surface area contributed by atoms with Gasteiger partial charge in [-0.1, -0.05) is 0 Å². The van der Waals surface area contributed by atoms with Crippen molar-refractivity contribution < 1.29 is 4.74 Å². The number of rotatable bonds is 3. The van der Waals surface area contributed by atoms with E-state index in [9.17, 15) is 0 Å². The number of nitrogens with one attached hydrogen (secondary N) is 1. The number of nitrogens with two attached hydrogens (primary N) is 1. The van der Waals surface area contributed by atoms with Crippen LogP contribution in [0.2, 0.25) is 0 Å². The van der Waals surface area contributed by atoms with E-state index in [0.29, 0.717) is 12.0 Å². The Balaban J connectivity index is 2.16. The fourth-order valence-electron chi connectivity index (χ4n) is 2.22. The maximum Gasteiger partial charge on any atom is 0.0606 e. The molecule has 0 saturated carbocycles. The Morgan fingerprint density at radius 1 is 1.60 bits per heavy atom. The Hall–Kier alpha value is -0.420. The number of aryl methyl sites for hydroxylation is 1. The molecule has 1 saturated heterocycles. The minimum Gasteiger partial charge on any atom is -0.378 e. The number of hydrogen-bond donors (Lipinski definition) is 2. The van der Waals surface area contributed by atoms with Crippen LogP contribution in [0, 0.1) is 12.8 Å². The smallest absolute Gasteiger partial charge is 0.0606 e. The molecule has 3 unspecified atom stereocenters. The molecule has 15 heavy (non-hydrogen) atoms. The van der Waals surface area contributed by atoms with E-state index in [4.69, 9.17) is 10.6 Å². The van der Waals surface area contributed by atoms with Gasteiger partial charge in [-0.3, -0.25) is 11.3 Å². The summed E-state index contributed by atoms with van der Waals surface area (Å²) in [7, 11) is 0. The lowest BCUT2D eigenvalue weighted by Gasteiger charge is -2.23. The van der Waals surface area contributed by atoms with Crippen LogP contribution in [-0.2, 0) is 4.74 Å². The molecule has 2 rings (SSSR count). The second-order valence-corrected chi connectivity index (χ2v) is 5.44. The van der Waals surface area contributed by atoms with Crippen molar-refractivity contribution in [1.82, 2.24) is 5.43 Å². The molecule has 3 nitrogen and oxygen atoms in total. The van der Waals surface area contributed by atoms with Crippen molar-refractivity contribution >= 4 is 11.3 Å². The van der Waals surface area contributed by atoms with Gasteiger partial charge in [0.25, 0.3) is 0 Å². The van der Waals surface area contributed by atoms with Gasteiger partial charge in [-0.15, -0.1) is 11.3 Å². The van der Waals surface area contributed by atoms with E-state index in [1.165, 1.54) is 9.75 Å². The Kier molecular flexibility index (Phi) is 3.41. The zero-order valence-corrected chi connectivity index (χ0v) is 10.0. The zero-order chi connectivity index (χ0) is 10.8. The molecule has 0 radical (unpaired) electrons. The topological polar surface area (TPSA) is 47.3 Å². The second-order valence-electron chi connectivity index (χ2n) is 4.12. The van der Waals surface area contributed by atoms with E-state index in [1.807, 2.05) is 11.3 Å². The summed E-state index contributed by atoms with van der Waals surface area (Å²) >= 11 is 1.81. The highest BCUT2D eigenvalue weighted by Gasteiger charge is 2.32. The molecular formula is C11H18N2OS. The minimum atomic E-state index is 0.237. The predicted molar refractivity (Wildman–Crippen MR) is 62.6 cm³/mol. The SMILES string of the molecule is Cc1ccc(C(NN)C2CCOC2C)s1.